The Morgan fingerprint density at radius 3 is 2.48 bits per heavy atom. The van der Waals surface area contributed by atoms with Crippen LogP contribution >= 0.6 is 23.1 Å². The van der Waals surface area contributed by atoms with E-state index in [0.717, 1.165) is 0 Å². The Balaban J connectivity index is 2.13. The summed E-state index contributed by atoms with van der Waals surface area (Å²) in [5, 5.41) is 0.454. The molecule has 1 aliphatic rings. The van der Waals surface area contributed by atoms with Crippen LogP contribution in [0.4, 0.5) is 13.2 Å². The van der Waals surface area contributed by atoms with Gasteiger partial charge >= 0.3 is 12.1 Å². The van der Waals surface area contributed by atoms with Gasteiger partial charge in [0.25, 0.3) is 0 Å². The summed E-state index contributed by atoms with van der Waals surface area (Å²) in [4.78, 5) is 10.9. The lowest BCUT2D eigenvalue weighted by atomic mass is 9.98. The number of esters is 1. The summed E-state index contributed by atoms with van der Waals surface area (Å²) in [5.41, 5.74) is 0.445. The van der Waals surface area contributed by atoms with Crippen LogP contribution in [0, 0.1) is 0 Å². The highest BCUT2D eigenvalue weighted by molar-refractivity contribution is 7.06. The molecule has 3 rings (SSSR count). The van der Waals surface area contributed by atoms with E-state index in [-0.39, 0.29) is 17.7 Å². The Morgan fingerprint density at radius 1 is 1.28 bits per heavy atom. The molecule has 4 nitrogen and oxygen atoms in total. The van der Waals surface area contributed by atoms with Gasteiger partial charge in [-0.05, 0) is 23.7 Å². The van der Waals surface area contributed by atoms with Crippen LogP contribution in [0.25, 0.3) is 11.3 Å². The number of aromatic nitrogens is 1. The fraction of sp³-hybridized carbons (Fsp3) is 0.375. The molecule has 0 aliphatic carbocycles. The zero-order valence-electron chi connectivity index (χ0n) is 13.2. The number of ether oxygens (including phenoxy) is 2. The number of cyclic esters (lactones) is 1. The van der Waals surface area contributed by atoms with Gasteiger partial charge in [0.2, 0.25) is 5.79 Å². The number of rotatable bonds is 2. The molecule has 1 atom stereocenters. The minimum atomic E-state index is -4.60. The summed E-state index contributed by atoms with van der Waals surface area (Å²) in [7, 11) is 0. The zero-order valence-corrected chi connectivity index (χ0v) is 14.8. The van der Waals surface area contributed by atoms with Gasteiger partial charge in [-0.3, -0.25) is 4.79 Å². The standard InChI is InChI=1S/C16H13ClF3NO3S/c1-15(2)23-10(7-11(22)24-15)12-13(8-3-5-9(17)6-4-8)21-25-14(12)16(18,19)20/h3-6,10H,7H2,1-2H3. The average Bonchev–Trinajstić information content (AvgIpc) is 2.90. The number of hydrogen-bond donors (Lipinski definition) is 0. The van der Waals surface area contributed by atoms with Crippen LogP contribution in [-0.2, 0) is 20.4 Å². The van der Waals surface area contributed by atoms with E-state index in [0.29, 0.717) is 22.1 Å². The largest absolute Gasteiger partial charge is 0.434 e. The molecule has 1 aromatic heterocycles. The first kappa shape index (κ1) is 18.2. The van der Waals surface area contributed by atoms with E-state index in [1.165, 1.54) is 13.8 Å². The maximum Gasteiger partial charge on any atom is 0.427 e. The molecular formula is C16H13ClF3NO3S. The fourth-order valence-electron chi connectivity index (χ4n) is 2.65. The summed E-state index contributed by atoms with van der Waals surface area (Å²) in [6.07, 6.45) is -6.02. The maximum absolute atomic E-state index is 13.5. The van der Waals surface area contributed by atoms with Gasteiger partial charge in [0.15, 0.2) is 0 Å². The van der Waals surface area contributed by atoms with Crippen molar-refractivity contribution in [3.05, 3.63) is 39.7 Å². The van der Waals surface area contributed by atoms with Crippen LogP contribution < -0.4 is 0 Å². The average molecular weight is 392 g/mol. The molecule has 1 fully saturated rings. The predicted molar refractivity (Wildman–Crippen MR) is 86.2 cm³/mol. The molecule has 25 heavy (non-hydrogen) atoms. The number of carbonyl (C=O) groups excluding carboxylic acids is 1. The van der Waals surface area contributed by atoms with Gasteiger partial charge in [0.05, 0.1) is 12.1 Å². The first-order valence-electron chi connectivity index (χ1n) is 7.29. The van der Waals surface area contributed by atoms with Crippen molar-refractivity contribution in [1.29, 1.82) is 0 Å². The van der Waals surface area contributed by atoms with Crippen LogP contribution in [0.2, 0.25) is 5.02 Å². The lowest BCUT2D eigenvalue weighted by Crippen LogP contribution is -2.39. The molecule has 9 heteroatoms. The van der Waals surface area contributed by atoms with E-state index in [4.69, 9.17) is 21.1 Å². The lowest BCUT2D eigenvalue weighted by Gasteiger charge is -2.35. The second-order valence-electron chi connectivity index (χ2n) is 5.96. The molecule has 2 aromatic rings. The number of benzene rings is 1. The van der Waals surface area contributed by atoms with Crippen molar-refractivity contribution in [2.75, 3.05) is 0 Å². The SMILES string of the molecule is CC1(C)OC(=O)CC(c2c(-c3ccc(Cl)cc3)nsc2C(F)(F)F)O1. The summed E-state index contributed by atoms with van der Waals surface area (Å²) >= 11 is 6.18. The van der Waals surface area contributed by atoms with E-state index >= 15 is 0 Å². The lowest BCUT2D eigenvalue weighted by molar-refractivity contribution is -0.260. The highest BCUT2D eigenvalue weighted by Gasteiger charge is 2.44. The Labute approximate surface area is 150 Å². The maximum atomic E-state index is 13.5. The van der Waals surface area contributed by atoms with Gasteiger partial charge in [0, 0.05) is 30.0 Å². The van der Waals surface area contributed by atoms with Crippen molar-refractivity contribution >= 4 is 29.1 Å². The fourth-order valence-corrected chi connectivity index (χ4v) is 3.60. The smallest absolute Gasteiger partial charge is 0.427 e. The third-order valence-electron chi connectivity index (χ3n) is 3.56. The molecule has 0 saturated carbocycles. The van der Waals surface area contributed by atoms with Crippen LogP contribution in [0.3, 0.4) is 0 Å². The summed E-state index contributed by atoms with van der Waals surface area (Å²) in [6.45, 7) is 2.96. The summed E-state index contributed by atoms with van der Waals surface area (Å²) < 4.78 is 55.0. The van der Waals surface area contributed by atoms with E-state index in [1.807, 2.05) is 0 Å². The second-order valence-corrected chi connectivity index (χ2v) is 7.17. The Hall–Kier alpha value is -1.64. The van der Waals surface area contributed by atoms with Gasteiger partial charge in [0.1, 0.15) is 11.0 Å². The van der Waals surface area contributed by atoms with Crippen LogP contribution in [-0.4, -0.2) is 16.1 Å². The highest BCUT2D eigenvalue weighted by atomic mass is 35.5. The number of hydrogen-bond acceptors (Lipinski definition) is 5. The van der Waals surface area contributed by atoms with E-state index < -0.39 is 28.9 Å². The molecule has 1 unspecified atom stereocenters. The number of halogens is 4. The Morgan fingerprint density at radius 2 is 1.92 bits per heavy atom. The van der Waals surface area contributed by atoms with Crippen molar-refractivity contribution in [1.82, 2.24) is 4.37 Å². The molecule has 0 N–H and O–H groups in total. The van der Waals surface area contributed by atoms with E-state index in [2.05, 4.69) is 4.37 Å². The van der Waals surface area contributed by atoms with Crippen LogP contribution in [0.5, 0.6) is 0 Å². The topological polar surface area (TPSA) is 48.4 Å². The number of alkyl halides is 3. The molecule has 1 aromatic carbocycles. The Bertz CT molecular complexity index is 802. The Kier molecular flexibility index (Phi) is 4.55. The summed E-state index contributed by atoms with van der Waals surface area (Å²) in [6, 6.07) is 6.28. The highest BCUT2D eigenvalue weighted by Crippen LogP contribution is 2.46. The third kappa shape index (κ3) is 3.80. The first-order chi connectivity index (χ1) is 11.6. The molecule has 0 bridgehead atoms. The van der Waals surface area contributed by atoms with Gasteiger partial charge < -0.3 is 9.47 Å². The first-order valence-corrected chi connectivity index (χ1v) is 8.44. The molecule has 0 amide bonds. The molecule has 0 radical (unpaired) electrons. The van der Waals surface area contributed by atoms with Crippen molar-refractivity contribution < 1.29 is 27.4 Å². The molecule has 0 spiro atoms. The summed E-state index contributed by atoms with van der Waals surface area (Å²) in [5.74, 6) is -1.94. The third-order valence-corrected chi connectivity index (χ3v) is 4.72. The van der Waals surface area contributed by atoms with Crippen molar-refractivity contribution in [3.63, 3.8) is 0 Å². The number of nitrogens with zero attached hydrogens (tertiary/aromatic N) is 1. The van der Waals surface area contributed by atoms with Crippen molar-refractivity contribution in [2.45, 2.75) is 38.3 Å². The normalized spacial score (nSPS) is 20.4. The minimum Gasteiger partial charge on any atom is -0.434 e. The van der Waals surface area contributed by atoms with Crippen molar-refractivity contribution in [2.24, 2.45) is 0 Å². The zero-order chi connectivity index (χ0) is 18.4. The number of carbonyl (C=O) groups is 1. The quantitative estimate of drug-likeness (QED) is 0.658. The van der Waals surface area contributed by atoms with Gasteiger partial charge in [-0.2, -0.15) is 17.5 Å². The van der Waals surface area contributed by atoms with E-state index in [1.54, 1.807) is 24.3 Å². The predicted octanol–water partition coefficient (Wildman–Crippen LogP) is 5.22. The molecule has 1 aliphatic heterocycles. The molecular weight excluding hydrogens is 379 g/mol. The van der Waals surface area contributed by atoms with E-state index in [9.17, 15) is 18.0 Å². The van der Waals surface area contributed by atoms with Crippen LogP contribution in [0.1, 0.15) is 36.8 Å². The monoisotopic (exact) mass is 391 g/mol. The molecule has 134 valence electrons. The van der Waals surface area contributed by atoms with Gasteiger partial charge in [-0.1, -0.05) is 23.7 Å². The minimum absolute atomic E-state index is 0.129. The van der Waals surface area contributed by atoms with Gasteiger partial charge in [-0.25, -0.2) is 0 Å². The molecule has 2 heterocycles. The second kappa shape index (κ2) is 6.26. The molecule has 1 saturated heterocycles. The van der Waals surface area contributed by atoms with Gasteiger partial charge in [-0.15, -0.1) is 0 Å². The van der Waals surface area contributed by atoms with Crippen LogP contribution in [0.15, 0.2) is 24.3 Å². The van der Waals surface area contributed by atoms with Crippen molar-refractivity contribution in [3.8, 4) is 11.3 Å².